The Morgan fingerprint density at radius 3 is 1.58 bits per heavy atom. The van der Waals surface area contributed by atoms with Crippen molar-refractivity contribution in [2.45, 2.75) is 90.6 Å². The van der Waals surface area contributed by atoms with Crippen molar-refractivity contribution >= 4 is 22.7 Å². The number of methoxy groups -OCH3 is 1. The molecule has 8 nitrogen and oxygen atoms in total. The van der Waals surface area contributed by atoms with Crippen LogP contribution in [0.15, 0.2) is 0 Å². The summed E-state index contributed by atoms with van der Waals surface area (Å²) in [6.45, 7) is 29.5. The van der Waals surface area contributed by atoms with Crippen molar-refractivity contribution in [3.05, 3.63) is 0 Å². The number of ether oxygens (including phenoxy) is 2. The van der Waals surface area contributed by atoms with Crippen LogP contribution in [0.25, 0.3) is 0 Å². The molecule has 0 spiro atoms. The molecule has 0 aliphatic rings. The van der Waals surface area contributed by atoms with E-state index in [2.05, 4.69) is 79.7 Å². The molecule has 0 aromatic heterocycles. The van der Waals surface area contributed by atoms with Gasteiger partial charge < -0.3 is 33.0 Å². The summed E-state index contributed by atoms with van der Waals surface area (Å²) in [5.74, 6) is 0. The fourth-order valence-electron chi connectivity index (χ4n) is 3.27. The van der Waals surface area contributed by atoms with Crippen LogP contribution >= 0.6 is 0 Å². The maximum atomic E-state index is 13.4. The number of hydrogen-bond acceptors (Lipinski definition) is 6. The molecule has 0 saturated carbocycles. The van der Waals surface area contributed by atoms with E-state index in [1.807, 2.05) is 16.8 Å². The number of nitrogens with zero attached hydrogens (tertiary/aromatic N) is 3. The molecule has 0 unspecified atom stereocenters. The zero-order valence-electron chi connectivity index (χ0n) is 27.4. The molecule has 0 atom stereocenters. The number of amides is 2. The molecule has 2 amide bonds. The van der Waals surface area contributed by atoms with Gasteiger partial charge in [-0.3, -0.25) is 0 Å². The zero-order chi connectivity index (χ0) is 29.6. The van der Waals surface area contributed by atoms with Crippen molar-refractivity contribution < 1.29 is 23.1 Å². The van der Waals surface area contributed by atoms with Crippen LogP contribution in [0.4, 0.5) is 4.79 Å². The van der Waals surface area contributed by atoms with Crippen molar-refractivity contribution in [1.82, 2.24) is 14.7 Å². The van der Waals surface area contributed by atoms with Crippen molar-refractivity contribution in [3.63, 3.8) is 0 Å². The number of carbonyl (C=O) groups is 1. The number of carbonyl (C=O) groups excluding carboxylic acids is 1. The van der Waals surface area contributed by atoms with E-state index in [-0.39, 0.29) is 16.1 Å². The van der Waals surface area contributed by atoms with Gasteiger partial charge in [-0.2, -0.15) is 0 Å². The average Bonchev–Trinajstić information content (AvgIpc) is 2.78. The van der Waals surface area contributed by atoms with Gasteiger partial charge in [0.2, 0.25) is 0 Å². The lowest BCUT2D eigenvalue weighted by Gasteiger charge is -2.38. The van der Waals surface area contributed by atoms with Gasteiger partial charge in [0, 0.05) is 46.9 Å². The van der Waals surface area contributed by atoms with Crippen molar-refractivity contribution in [2.75, 3.05) is 87.0 Å². The van der Waals surface area contributed by atoms with Gasteiger partial charge in [0.1, 0.15) is 0 Å². The fourth-order valence-corrected chi connectivity index (χ4v) is 5.33. The predicted molar refractivity (Wildman–Crippen MR) is 165 cm³/mol. The summed E-state index contributed by atoms with van der Waals surface area (Å²) in [7, 11) is 1.97. The molecular formula is C28H63N3O5Si2. The highest BCUT2D eigenvalue weighted by Crippen LogP contribution is 2.37. The van der Waals surface area contributed by atoms with E-state index in [9.17, 15) is 4.79 Å². The van der Waals surface area contributed by atoms with Crippen LogP contribution in [0.3, 0.4) is 0 Å². The maximum Gasteiger partial charge on any atom is 0.319 e. The first-order chi connectivity index (χ1) is 17.4. The summed E-state index contributed by atoms with van der Waals surface area (Å²) in [5, 5.41) is 0.290. The second-order valence-electron chi connectivity index (χ2n) is 13.5. The summed E-state index contributed by atoms with van der Waals surface area (Å²) in [5.41, 5.74) is 0. The van der Waals surface area contributed by atoms with Crippen LogP contribution in [0.5, 0.6) is 0 Å². The third-order valence-electron chi connectivity index (χ3n) is 8.15. The van der Waals surface area contributed by atoms with E-state index in [0.29, 0.717) is 39.5 Å². The summed E-state index contributed by atoms with van der Waals surface area (Å²) < 4.78 is 23.4. The molecule has 0 aliphatic carbocycles. The Bertz CT molecular complexity index is 619. The van der Waals surface area contributed by atoms with E-state index >= 15 is 0 Å². The highest BCUT2D eigenvalue weighted by atomic mass is 28.4. The molecule has 0 aromatic rings. The molecule has 0 heterocycles. The molecule has 228 valence electrons. The molecule has 0 bridgehead atoms. The van der Waals surface area contributed by atoms with Gasteiger partial charge in [-0.1, -0.05) is 41.5 Å². The van der Waals surface area contributed by atoms with Crippen molar-refractivity contribution in [3.8, 4) is 0 Å². The first kappa shape index (κ1) is 37.5. The molecular weight excluding hydrogens is 514 g/mol. The van der Waals surface area contributed by atoms with Crippen LogP contribution in [0.1, 0.15) is 54.4 Å². The highest BCUT2D eigenvalue weighted by Gasteiger charge is 2.38. The summed E-state index contributed by atoms with van der Waals surface area (Å²) in [6.07, 6.45) is 1.92. The number of urea groups is 1. The lowest BCUT2D eigenvalue weighted by atomic mass is 10.2. The minimum Gasteiger partial charge on any atom is -0.415 e. The van der Waals surface area contributed by atoms with E-state index in [4.69, 9.17) is 18.3 Å². The molecule has 10 heteroatoms. The number of hydrogen-bond donors (Lipinski definition) is 0. The van der Waals surface area contributed by atoms with Gasteiger partial charge in [0.15, 0.2) is 16.6 Å². The Labute approximate surface area is 237 Å². The van der Waals surface area contributed by atoms with Crippen LogP contribution in [-0.2, 0) is 18.3 Å². The Morgan fingerprint density at radius 2 is 1.13 bits per heavy atom. The predicted octanol–water partition coefficient (Wildman–Crippen LogP) is 5.76. The summed E-state index contributed by atoms with van der Waals surface area (Å²) in [6, 6.07) is 0.0526. The highest BCUT2D eigenvalue weighted by molar-refractivity contribution is 6.74. The minimum absolute atomic E-state index is 0.0526. The molecule has 0 N–H and O–H groups in total. The van der Waals surface area contributed by atoms with Gasteiger partial charge in [-0.15, -0.1) is 0 Å². The van der Waals surface area contributed by atoms with Gasteiger partial charge in [0.25, 0.3) is 0 Å². The van der Waals surface area contributed by atoms with Crippen LogP contribution in [0, 0.1) is 0 Å². The molecule has 0 fully saturated rings. The average molecular weight is 578 g/mol. The summed E-state index contributed by atoms with van der Waals surface area (Å²) >= 11 is 0. The molecule has 0 rings (SSSR count). The topological polar surface area (TPSA) is 63.7 Å². The molecule has 38 heavy (non-hydrogen) atoms. The first-order valence-electron chi connectivity index (χ1n) is 14.4. The van der Waals surface area contributed by atoms with Crippen LogP contribution in [-0.4, -0.2) is 124 Å². The third-order valence-corrected chi connectivity index (χ3v) is 17.2. The van der Waals surface area contributed by atoms with Gasteiger partial charge in [-0.25, -0.2) is 4.79 Å². The Balaban J connectivity index is 4.87. The SMILES string of the molecule is COCCOCCCN(C)CCCN(C)C(=O)N(CCO[Si](C)(C)C(C)(C)C)CCO[Si](C)(C)C(C)(C)C. The quantitative estimate of drug-likeness (QED) is 0.144. The van der Waals surface area contributed by atoms with E-state index in [0.717, 1.165) is 39.1 Å². The van der Waals surface area contributed by atoms with Crippen LogP contribution < -0.4 is 0 Å². The number of rotatable bonds is 19. The third kappa shape index (κ3) is 14.8. The van der Waals surface area contributed by atoms with Gasteiger partial charge >= 0.3 is 6.03 Å². The molecule has 0 saturated heterocycles. The largest absolute Gasteiger partial charge is 0.415 e. The normalized spacial score (nSPS) is 13.3. The Morgan fingerprint density at radius 1 is 0.658 bits per heavy atom. The molecule has 0 aromatic carbocycles. The van der Waals surface area contributed by atoms with Crippen molar-refractivity contribution in [2.24, 2.45) is 0 Å². The first-order valence-corrected chi connectivity index (χ1v) is 20.2. The van der Waals surface area contributed by atoms with E-state index < -0.39 is 16.6 Å². The fraction of sp³-hybridized carbons (Fsp3) is 0.964. The summed E-state index contributed by atoms with van der Waals surface area (Å²) in [4.78, 5) is 19.5. The minimum atomic E-state index is -1.87. The second kappa shape index (κ2) is 17.3. The lowest BCUT2D eigenvalue weighted by molar-refractivity contribution is 0.0661. The Kier molecular flexibility index (Phi) is 17.1. The lowest BCUT2D eigenvalue weighted by Crippen LogP contribution is -2.48. The molecule has 0 radical (unpaired) electrons. The monoisotopic (exact) mass is 577 g/mol. The van der Waals surface area contributed by atoms with Crippen molar-refractivity contribution in [1.29, 1.82) is 0 Å². The zero-order valence-corrected chi connectivity index (χ0v) is 29.4. The van der Waals surface area contributed by atoms with Gasteiger partial charge in [0.05, 0.1) is 26.4 Å². The maximum absolute atomic E-state index is 13.4. The Hall–Kier alpha value is -0.496. The smallest absolute Gasteiger partial charge is 0.319 e. The molecule has 0 aliphatic heterocycles. The van der Waals surface area contributed by atoms with Gasteiger partial charge in [-0.05, 0) is 62.7 Å². The van der Waals surface area contributed by atoms with E-state index in [1.54, 1.807) is 7.11 Å². The standard InChI is InChI=1S/C28H63N3O5Si2/c1-27(2,3)37(10,11)35-22-19-31(20-23-36-38(12,13)28(4,5)6)26(32)30(8)18-14-16-29(7)17-15-21-34-25-24-33-9/h14-25H2,1-13H3. The van der Waals surface area contributed by atoms with Crippen LogP contribution in [0.2, 0.25) is 36.3 Å². The van der Waals surface area contributed by atoms with E-state index in [1.165, 1.54) is 0 Å². The second-order valence-corrected chi connectivity index (χ2v) is 23.1.